The van der Waals surface area contributed by atoms with Gasteiger partial charge in [0.15, 0.2) is 5.82 Å². The molecule has 0 saturated heterocycles. The first kappa shape index (κ1) is 9.51. The maximum Gasteiger partial charge on any atom is 0.261 e. The van der Waals surface area contributed by atoms with Crippen molar-refractivity contribution in [3.05, 3.63) is 42.2 Å². The lowest BCUT2D eigenvalue weighted by atomic mass is 10.2. The van der Waals surface area contributed by atoms with Crippen molar-refractivity contribution in [3.63, 3.8) is 0 Å². The number of hydrogen-bond acceptors (Lipinski definition) is 3. The standard InChI is InChI=1S/C10H6F2N2O/c11-8-7(15)9(12)14-10(13-8)6-4-2-1-3-5-6/h1-5,15H. The second kappa shape index (κ2) is 3.61. The van der Waals surface area contributed by atoms with Gasteiger partial charge in [-0.15, -0.1) is 0 Å². The molecule has 76 valence electrons. The van der Waals surface area contributed by atoms with Crippen molar-refractivity contribution in [2.45, 2.75) is 0 Å². The predicted molar refractivity (Wildman–Crippen MR) is 49.0 cm³/mol. The van der Waals surface area contributed by atoms with Gasteiger partial charge in [-0.3, -0.25) is 0 Å². The fourth-order valence-electron chi connectivity index (χ4n) is 1.12. The number of aromatic hydroxyl groups is 1. The summed E-state index contributed by atoms with van der Waals surface area (Å²) in [6.07, 6.45) is 0. The van der Waals surface area contributed by atoms with E-state index in [9.17, 15) is 8.78 Å². The fraction of sp³-hybridized carbons (Fsp3) is 0. The molecule has 0 unspecified atom stereocenters. The maximum absolute atomic E-state index is 12.9. The third kappa shape index (κ3) is 1.76. The number of halogens is 2. The topological polar surface area (TPSA) is 46.0 Å². The molecule has 0 spiro atoms. The van der Waals surface area contributed by atoms with Crippen LogP contribution in [0.5, 0.6) is 5.75 Å². The highest BCUT2D eigenvalue weighted by molar-refractivity contribution is 5.54. The Morgan fingerprint density at radius 1 is 0.933 bits per heavy atom. The largest absolute Gasteiger partial charge is 0.501 e. The Kier molecular flexibility index (Phi) is 2.29. The molecule has 0 saturated carbocycles. The zero-order valence-corrected chi connectivity index (χ0v) is 7.48. The highest BCUT2D eigenvalue weighted by atomic mass is 19.1. The van der Waals surface area contributed by atoms with Crippen molar-refractivity contribution in [1.29, 1.82) is 0 Å². The Balaban J connectivity index is 2.56. The van der Waals surface area contributed by atoms with E-state index in [-0.39, 0.29) is 5.82 Å². The Hall–Kier alpha value is -2.04. The van der Waals surface area contributed by atoms with Crippen LogP contribution in [-0.4, -0.2) is 15.1 Å². The fourth-order valence-corrected chi connectivity index (χ4v) is 1.12. The average molecular weight is 208 g/mol. The van der Waals surface area contributed by atoms with Gasteiger partial charge in [0, 0.05) is 5.56 Å². The van der Waals surface area contributed by atoms with Crippen molar-refractivity contribution < 1.29 is 13.9 Å². The van der Waals surface area contributed by atoms with Gasteiger partial charge in [-0.2, -0.15) is 18.7 Å². The first-order valence-corrected chi connectivity index (χ1v) is 4.16. The minimum atomic E-state index is -1.26. The van der Waals surface area contributed by atoms with Crippen LogP contribution in [0.3, 0.4) is 0 Å². The molecule has 0 atom stereocenters. The molecule has 2 rings (SSSR count). The van der Waals surface area contributed by atoms with Crippen molar-refractivity contribution in [1.82, 2.24) is 9.97 Å². The molecule has 5 heteroatoms. The van der Waals surface area contributed by atoms with Crippen LogP contribution < -0.4 is 0 Å². The van der Waals surface area contributed by atoms with Crippen molar-refractivity contribution >= 4 is 0 Å². The third-order valence-corrected chi connectivity index (χ3v) is 1.83. The lowest BCUT2D eigenvalue weighted by Gasteiger charge is -2.01. The van der Waals surface area contributed by atoms with Crippen molar-refractivity contribution in [3.8, 4) is 17.1 Å². The highest BCUT2D eigenvalue weighted by Gasteiger charge is 2.13. The highest BCUT2D eigenvalue weighted by Crippen LogP contribution is 2.21. The van der Waals surface area contributed by atoms with Crippen LogP contribution in [0.2, 0.25) is 0 Å². The molecule has 0 aliphatic rings. The van der Waals surface area contributed by atoms with Gasteiger partial charge in [-0.05, 0) is 0 Å². The van der Waals surface area contributed by atoms with Gasteiger partial charge in [0.25, 0.3) is 11.9 Å². The van der Waals surface area contributed by atoms with Crippen LogP contribution in [0.4, 0.5) is 8.78 Å². The molecule has 2 aromatic rings. The SMILES string of the molecule is Oc1c(F)nc(-c2ccccc2)nc1F. The molecule has 0 fully saturated rings. The van der Waals surface area contributed by atoms with Crippen molar-refractivity contribution in [2.75, 3.05) is 0 Å². The number of rotatable bonds is 1. The Morgan fingerprint density at radius 2 is 1.47 bits per heavy atom. The summed E-state index contributed by atoms with van der Waals surface area (Å²) >= 11 is 0. The van der Waals surface area contributed by atoms with E-state index in [1.165, 1.54) is 0 Å². The van der Waals surface area contributed by atoms with Crippen LogP contribution in [0.25, 0.3) is 11.4 Å². The van der Waals surface area contributed by atoms with E-state index in [0.29, 0.717) is 5.56 Å². The maximum atomic E-state index is 12.9. The zero-order valence-electron chi connectivity index (χ0n) is 7.48. The Bertz CT molecular complexity index is 465. The van der Waals surface area contributed by atoms with Crippen LogP contribution >= 0.6 is 0 Å². The molecule has 0 aliphatic carbocycles. The molecule has 1 aromatic heterocycles. The molecule has 0 radical (unpaired) electrons. The first-order chi connectivity index (χ1) is 7.18. The molecule has 0 aliphatic heterocycles. The van der Waals surface area contributed by atoms with Gasteiger partial charge in [-0.25, -0.2) is 0 Å². The Morgan fingerprint density at radius 3 is 2.00 bits per heavy atom. The minimum Gasteiger partial charge on any atom is -0.501 e. The summed E-state index contributed by atoms with van der Waals surface area (Å²) in [7, 11) is 0. The molecule has 0 bridgehead atoms. The van der Waals surface area contributed by atoms with Gasteiger partial charge >= 0.3 is 0 Å². The first-order valence-electron chi connectivity index (χ1n) is 4.16. The van der Waals surface area contributed by atoms with E-state index in [1.54, 1.807) is 30.3 Å². The third-order valence-electron chi connectivity index (χ3n) is 1.83. The summed E-state index contributed by atoms with van der Waals surface area (Å²) in [6, 6.07) is 8.38. The molecule has 1 heterocycles. The lowest BCUT2D eigenvalue weighted by Crippen LogP contribution is -1.97. The number of aromatic nitrogens is 2. The van der Waals surface area contributed by atoms with Gasteiger partial charge < -0.3 is 5.11 Å². The normalized spacial score (nSPS) is 10.3. The summed E-state index contributed by atoms with van der Waals surface area (Å²) in [5, 5.41) is 8.80. The van der Waals surface area contributed by atoms with E-state index in [4.69, 9.17) is 5.11 Å². The van der Waals surface area contributed by atoms with E-state index in [2.05, 4.69) is 9.97 Å². The minimum absolute atomic E-state index is 0.0941. The predicted octanol–water partition coefficient (Wildman–Crippen LogP) is 2.13. The monoisotopic (exact) mass is 208 g/mol. The van der Waals surface area contributed by atoms with Gasteiger partial charge in [0.05, 0.1) is 0 Å². The second-order valence-corrected chi connectivity index (χ2v) is 2.84. The molecule has 1 aromatic carbocycles. The van der Waals surface area contributed by atoms with E-state index >= 15 is 0 Å². The zero-order chi connectivity index (χ0) is 10.8. The van der Waals surface area contributed by atoms with Gasteiger partial charge in [-0.1, -0.05) is 30.3 Å². The summed E-state index contributed by atoms with van der Waals surface area (Å²) in [5.74, 6) is -3.78. The molecule has 0 amide bonds. The van der Waals surface area contributed by atoms with Crippen LogP contribution in [0, 0.1) is 11.9 Å². The van der Waals surface area contributed by atoms with E-state index in [0.717, 1.165) is 0 Å². The van der Waals surface area contributed by atoms with Crippen LogP contribution in [-0.2, 0) is 0 Å². The quantitative estimate of drug-likeness (QED) is 0.730. The molecular formula is C10H6F2N2O. The summed E-state index contributed by atoms with van der Waals surface area (Å²) < 4.78 is 25.8. The van der Waals surface area contributed by atoms with Crippen LogP contribution in [0.1, 0.15) is 0 Å². The number of hydrogen-bond donors (Lipinski definition) is 1. The molecule has 1 N–H and O–H groups in total. The van der Waals surface area contributed by atoms with Gasteiger partial charge in [0.2, 0.25) is 5.75 Å². The molecule has 15 heavy (non-hydrogen) atoms. The summed E-state index contributed by atoms with van der Waals surface area (Å²) in [5.41, 5.74) is 0.482. The van der Waals surface area contributed by atoms with E-state index in [1.807, 2.05) is 0 Å². The Labute approximate surface area is 84.1 Å². The summed E-state index contributed by atoms with van der Waals surface area (Å²) in [4.78, 5) is 6.67. The van der Waals surface area contributed by atoms with Crippen LogP contribution in [0.15, 0.2) is 30.3 Å². The molecule has 3 nitrogen and oxygen atoms in total. The number of nitrogens with zero attached hydrogens (tertiary/aromatic N) is 2. The van der Waals surface area contributed by atoms with Gasteiger partial charge in [0.1, 0.15) is 0 Å². The average Bonchev–Trinajstić information content (AvgIpc) is 2.26. The lowest BCUT2D eigenvalue weighted by molar-refractivity contribution is 0.373. The summed E-state index contributed by atoms with van der Waals surface area (Å²) in [6.45, 7) is 0. The number of benzene rings is 1. The smallest absolute Gasteiger partial charge is 0.261 e. The van der Waals surface area contributed by atoms with E-state index < -0.39 is 17.6 Å². The second-order valence-electron chi connectivity index (χ2n) is 2.84. The van der Waals surface area contributed by atoms with Crippen molar-refractivity contribution in [2.24, 2.45) is 0 Å². The molecular weight excluding hydrogens is 202 g/mol.